The van der Waals surface area contributed by atoms with Gasteiger partial charge < -0.3 is 15.2 Å². The summed E-state index contributed by atoms with van der Waals surface area (Å²) in [7, 11) is 0. The van der Waals surface area contributed by atoms with E-state index in [4.69, 9.17) is 4.99 Å². The van der Waals surface area contributed by atoms with E-state index in [0.29, 0.717) is 6.54 Å². The van der Waals surface area contributed by atoms with Gasteiger partial charge in [-0.3, -0.25) is 0 Å². The average molecular weight is 469 g/mol. The molecule has 144 valence electrons. The Bertz CT molecular complexity index is 693. The van der Waals surface area contributed by atoms with Gasteiger partial charge >= 0.3 is 0 Å². The SMILES string of the molecule is CCNC(=NCc1ccc(C)cc1C)NCCCCn1ccnc1C.I. The van der Waals surface area contributed by atoms with Gasteiger partial charge in [0.05, 0.1) is 6.54 Å². The number of unbranched alkanes of at least 4 members (excludes halogenated alkanes) is 1. The van der Waals surface area contributed by atoms with Crippen LogP contribution in [0.5, 0.6) is 0 Å². The summed E-state index contributed by atoms with van der Waals surface area (Å²) >= 11 is 0. The summed E-state index contributed by atoms with van der Waals surface area (Å²) in [6.45, 7) is 11.9. The highest BCUT2D eigenvalue weighted by atomic mass is 127. The third-order valence-corrected chi connectivity index (χ3v) is 4.29. The highest BCUT2D eigenvalue weighted by molar-refractivity contribution is 14.0. The Morgan fingerprint density at radius 2 is 1.96 bits per heavy atom. The summed E-state index contributed by atoms with van der Waals surface area (Å²) in [5.41, 5.74) is 3.87. The molecule has 5 nitrogen and oxygen atoms in total. The zero-order chi connectivity index (χ0) is 18.1. The monoisotopic (exact) mass is 469 g/mol. The first-order chi connectivity index (χ1) is 12.1. The van der Waals surface area contributed by atoms with Crippen LogP contribution in [-0.2, 0) is 13.1 Å². The molecule has 2 aromatic rings. The highest BCUT2D eigenvalue weighted by Crippen LogP contribution is 2.11. The number of hydrogen-bond acceptors (Lipinski definition) is 2. The minimum Gasteiger partial charge on any atom is -0.357 e. The number of benzene rings is 1. The van der Waals surface area contributed by atoms with E-state index < -0.39 is 0 Å². The molecule has 1 aromatic heterocycles. The summed E-state index contributed by atoms with van der Waals surface area (Å²) in [5.74, 6) is 1.97. The van der Waals surface area contributed by atoms with E-state index in [0.717, 1.165) is 44.3 Å². The Balaban J connectivity index is 0.00000338. The van der Waals surface area contributed by atoms with Crippen molar-refractivity contribution in [3.8, 4) is 0 Å². The molecule has 0 saturated carbocycles. The average Bonchev–Trinajstić information content (AvgIpc) is 2.98. The number of imidazole rings is 1. The first-order valence-electron chi connectivity index (χ1n) is 9.16. The number of guanidine groups is 1. The van der Waals surface area contributed by atoms with Crippen LogP contribution in [0.25, 0.3) is 0 Å². The van der Waals surface area contributed by atoms with Crippen molar-refractivity contribution < 1.29 is 0 Å². The molecule has 0 saturated heterocycles. The minimum atomic E-state index is 0. The topological polar surface area (TPSA) is 54.2 Å². The summed E-state index contributed by atoms with van der Waals surface area (Å²) < 4.78 is 2.19. The van der Waals surface area contributed by atoms with Gasteiger partial charge in [0, 0.05) is 32.0 Å². The molecular formula is C20H32IN5. The smallest absolute Gasteiger partial charge is 0.191 e. The standard InChI is InChI=1S/C20H31N5.HI/c1-5-21-20(24-15-19-9-8-16(2)14-17(19)3)23-10-6-7-12-25-13-11-22-18(25)4;/h8-9,11,13-14H,5-7,10,12,15H2,1-4H3,(H2,21,23,24);1H. The van der Waals surface area contributed by atoms with E-state index in [2.05, 4.69) is 59.2 Å². The fraction of sp³-hybridized carbons (Fsp3) is 0.500. The number of aromatic nitrogens is 2. The lowest BCUT2D eigenvalue weighted by atomic mass is 10.1. The van der Waals surface area contributed by atoms with E-state index >= 15 is 0 Å². The van der Waals surface area contributed by atoms with Gasteiger partial charge in [-0.05, 0) is 51.7 Å². The molecule has 0 atom stereocenters. The lowest BCUT2D eigenvalue weighted by Crippen LogP contribution is -2.37. The molecule has 0 aliphatic heterocycles. The molecule has 1 aromatic carbocycles. The van der Waals surface area contributed by atoms with Crippen LogP contribution in [0.15, 0.2) is 35.6 Å². The lowest BCUT2D eigenvalue weighted by molar-refractivity contribution is 0.588. The maximum absolute atomic E-state index is 4.72. The van der Waals surface area contributed by atoms with E-state index in [-0.39, 0.29) is 24.0 Å². The third-order valence-electron chi connectivity index (χ3n) is 4.29. The normalized spacial score (nSPS) is 11.2. The van der Waals surface area contributed by atoms with Gasteiger partial charge in [0.2, 0.25) is 0 Å². The largest absolute Gasteiger partial charge is 0.357 e. The fourth-order valence-corrected chi connectivity index (χ4v) is 2.78. The molecule has 0 aliphatic carbocycles. The van der Waals surface area contributed by atoms with Gasteiger partial charge in [0.15, 0.2) is 5.96 Å². The van der Waals surface area contributed by atoms with Gasteiger partial charge in [-0.2, -0.15) is 0 Å². The lowest BCUT2D eigenvalue weighted by Gasteiger charge is -2.12. The summed E-state index contributed by atoms with van der Waals surface area (Å²) in [5, 5.41) is 6.75. The van der Waals surface area contributed by atoms with E-state index in [1.165, 1.54) is 16.7 Å². The highest BCUT2D eigenvalue weighted by Gasteiger charge is 2.01. The van der Waals surface area contributed by atoms with Crippen LogP contribution in [0.4, 0.5) is 0 Å². The molecule has 2 rings (SSSR count). The van der Waals surface area contributed by atoms with Gasteiger partial charge in [-0.15, -0.1) is 24.0 Å². The quantitative estimate of drug-likeness (QED) is 0.266. The number of aliphatic imine (C=N–C) groups is 1. The molecule has 0 spiro atoms. The molecular weight excluding hydrogens is 437 g/mol. The van der Waals surface area contributed by atoms with Crippen LogP contribution in [-0.4, -0.2) is 28.6 Å². The zero-order valence-corrected chi connectivity index (χ0v) is 18.7. The molecule has 0 radical (unpaired) electrons. The Morgan fingerprint density at radius 3 is 2.62 bits per heavy atom. The van der Waals surface area contributed by atoms with Crippen LogP contribution >= 0.6 is 24.0 Å². The number of aryl methyl sites for hydroxylation is 4. The van der Waals surface area contributed by atoms with Crippen LogP contribution in [0.2, 0.25) is 0 Å². The fourth-order valence-electron chi connectivity index (χ4n) is 2.78. The third kappa shape index (κ3) is 7.35. The van der Waals surface area contributed by atoms with Crippen LogP contribution < -0.4 is 10.6 Å². The van der Waals surface area contributed by atoms with E-state index in [9.17, 15) is 0 Å². The summed E-state index contributed by atoms with van der Waals surface area (Å²) in [6.07, 6.45) is 6.13. The number of nitrogens with one attached hydrogen (secondary N) is 2. The second-order valence-corrected chi connectivity index (χ2v) is 6.43. The van der Waals surface area contributed by atoms with Crippen molar-refractivity contribution in [2.24, 2.45) is 4.99 Å². The second-order valence-electron chi connectivity index (χ2n) is 6.43. The first kappa shape index (κ1) is 22.5. The predicted octanol–water partition coefficient (Wildman–Crippen LogP) is 3.96. The van der Waals surface area contributed by atoms with Crippen LogP contribution in [0.3, 0.4) is 0 Å². The van der Waals surface area contributed by atoms with Crippen molar-refractivity contribution in [3.05, 3.63) is 53.1 Å². The number of rotatable bonds is 8. The maximum Gasteiger partial charge on any atom is 0.191 e. The van der Waals surface area contributed by atoms with E-state index in [1.807, 2.05) is 19.3 Å². The Morgan fingerprint density at radius 1 is 1.15 bits per heavy atom. The number of hydrogen-bond donors (Lipinski definition) is 2. The van der Waals surface area contributed by atoms with Crippen molar-refractivity contribution in [2.75, 3.05) is 13.1 Å². The number of halogens is 1. The second kappa shape index (κ2) is 11.9. The minimum absolute atomic E-state index is 0. The van der Waals surface area contributed by atoms with Gasteiger partial charge in [-0.1, -0.05) is 23.8 Å². The molecule has 0 unspecified atom stereocenters. The van der Waals surface area contributed by atoms with Crippen LogP contribution in [0.1, 0.15) is 42.3 Å². The van der Waals surface area contributed by atoms with Crippen LogP contribution in [0, 0.1) is 20.8 Å². The Hall–Kier alpha value is -1.57. The van der Waals surface area contributed by atoms with Gasteiger partial charge in [-0.25, -0.2) is 9.98 Å². The van der Waals surface area contributed by atoms with Gasteiger partial charge in [0.25, 0.3) is 0 Å². The van der Waals surface area contributed by atoms with Crippen molar-refractivity contribution in [1.82, 2.24) is 20.2 Å². The molecule has 26 heavy (non-hydrogen) atoms. The summed E-state index contributed by atoms with van der Waals surface area (Å²) in [4.78, 5) is 8.97. The maximum atomic E-state index is 4.72. The predicted molar refractivity (Wildman–Crippen MR) is 120 cm³/mol. The first-order valence-corrected chi connectivity index (χ1v) is 9.16. The van der Waals surface area contributed by atoms with Crippen molar-refractivity contribution in [3.63, 3.8) is 0 Å². The Labute approximate surface area is 174 Å². The van der Waals surface area contributed by atoms with Crippen molar-refractivity contribution in [2.45, 2.75) is 53.6 Å². The molecule has 2 N–H and O–H groups in total. The van der Waals surface area contributed by atoms with E-state index in [1.54, 1.807) is 0 Å². The zero-order valence-electron chi connectivity index (χ0n) is 16.4. The molecule has 0 aliphatic rings. The molecule has 0 fully saturated rings. The number of nitrogens with zero attached hydrogens (tertiary/aromatic N) is 3. The Kier molecular flexibility index (Phi) is 10.3. The molecule has 0 bridgehead atoms. The molecule has 6 heteroatoms. The molecule has 1 heterocycles. The molecule has 0 amide bonds. The van der Waals surface area contributed by atoms with Gasteiger partial charge in [0.1, 0.15) is 5.82 Å². The van der Waals surface area contributed by atoms with Crippen molar-refractivity contribution >= 4 is 29.9 Å². The van der Waals surface area contributed by atoms with Crippen molar-refractivity contribution in [1.29, 1.82) is 0 Å². The summed E-state index contributed by atoms with van der Waals surface area (Å²) in [6, 6.07) is 6.53.